The summed E-state index contributed by atoms with van der Waals surface area (Å²) in [6.45, 7) is 8.95. The zero-order valence-corrected chi connectivity index (χ0v) is 13.9. The van der Waals surface area contributed by atoms with Gasteiger partial charge < -0.3 is 15.2 Å². The van der Waals surface area contributed by atoms with Crippen molar-refractivity contribution in [2.45, 2.75) is 53.0 Å². The Bertz CT molecular complexity index is 412. The van der Waals surface area contributed by atoms with E-state index < -0.39 is 0 Å². The molecule has 120 valence electrons. The zero-order valence-electron chi connectivity index (χ0n) is 13.9. The Kier molecular flexibility index (Phi) is 8.47. The maximum atomic E-state index is 4.57. The molecule has 0 saturated heterocycles. The molecule has 1 aromatic rings. The number of hydrogen-bond acceptors (Lipinski definition) is 3. The Morgan fingerprint density at radius 3 is 2.71 bits per heavy atom. The van der Waals surface area contributed by atoms with E-state index >= 15 is 0 Å². The molecule has 6 nitrogen and oxygen atoms in total. The van der Waals surface area contributed by atoms with Crippen LogP contribution in [0.5, 0.6) is 0 Å². The largest absolute Gasteiger partial charge is 0.357 e. The molecule has 2 N–H and O–H groups in total. The molecule has 0 saturated carbocycles. The van der Waals surface area contributed by atoms with Crippen molar-refractivity contribution in [2.75, 3.05) is 13.1 Å². The molecule has 0 aliphatic rings. The van der Waals surface area contributed by atoms with Gasteiger partial charge in [-0.25, -0.2) is 4.99 Å². The lowest BCUT2D eigenvalue weighted by Crippen LogP contribution is -2.39. The van der Waals surface area contributed by atoms with Crippen molar-refractivity contribution >= 4 is 5.96 Å². The maximum absolute atomic E-state index is 4.57. The third-order valence-corrected chi connectivity index (χ3v) is 3.63. The summed E-state index contributed by atoms with van der Waals surface area (Å²) in [6.07, 6.45) is 6.74. The molecule has 1 unspecified atom stereocenters. The van der Waals surface area contributed by atoms with Crippen molar-refractivity contribution in [1.82, 2.24) is 25.4 Å². The van der Waals surface area contributed by atoms with Crippen molar-refractivity contribution in [3.05, 3.63) is 12.2 Å². The smallest absolute Gasteiger partial charge is 0.191 e. The molecule has 0 radical (unpaired) electrons. The van der Waals surface area contributed by atoms with Gasteiger partial charge in [0.05, 0.1) is 0 Å². The third-order valence-electron chi connectivity index (χ3n) is 3.63. The van der Waals surface area contributed by atoms with Gasteiger partial charge in [-0.3, -0.25) is 0 Å². The molecule has 21 heavy (non-hydrogen) atoms. The lowest BCUT2D eigenvalue weighted by Gasteiger charge is -2.17. The molecule has 0 aliphatic carbocycles. The lowest BCUT2D eigenvalue weighted by molar-refractivity contribution is 0.443. The molecular weight excluding hydrogens is 264 g/mol. The highest BCUT2D eigenvalue weighted by molar-refractivity contribution is 5.79. The Morgan fingerprint density at radius 1 is 1.33 bits per heavy atom. The maximum Gasteiger partial charge on any atom is 0.191 e. The molecule has 0 aliphatic heterocycles. The van der Waals surface area contributed by atoms with Gasteiger partial charge in [0.15, 0.2) is 11.8 Å². The van der Waals surface area contributed by atoms with Gasteiger partial charge in [0.2, 0.25) is 0 Å². The average molecular weight is 294 g/mol. The molecule has 1 atom stereocenters. The first-order valence-corrected chi connectivity index (χ1v) is 8.06. The zero-order chi connectivity index (χ0) is 15.5. The van der Waals surface area contributed by atoms with Gasteiger partial charge in [-0.1, -0.05) is 33.1 Å². The first kappa shape index (κ1) is 17.5. The Labute approximate surface area is 128 Å². The monoisotopic (exact) mass is 294 g/mol. The van der Waals surface area contributed by atoms with E-state index in [2.05, 4.69) is 46.6 Å². The second-order valence-corrected chi connectivity index (χ2v) is 5.35. The number of aliphatic imine (C=N–C) groups is 1. The van der Waals surface area contributed by atoms with Crippen LogP contribution in [0.25, 0.3) is 0 Å². The normalized spacial score (nSPS) is 13.2. The fourth-order valence-corrected chi connectivity index (χ4v) is 2.13. The van der Waals surface area contributed by atoms with Crippen molar-refractivity contribution in [3.8, 4) is 0 Å². The number of unbranched alkanes of at least 4 members (excludes halogenated alkanes) is 1. The van der Waals surface area contributed by atoms with E-state index in [9.17, 15) is 0 Å². The lowest BCUT2D eigenvalue weighted by atomic mass is 9.99. The summed E-state index contributed by atoms with van der Waals surface area (Å²) in [5.74, 6) is 2.43. The van der Waals surface area contributed by atoms with Gasteiger partial charge >= 0.3 is 0 Å². The topological polar surface area (TPSA) is 67.1 Å². The molecular formula is C15H30N6. The van der Waals surface area contributed by atoms with Gasteiger partial charge in [0.25, 0.3) is 0 Å². The standard InChI is InChI=1S/C15H30N6/c1-5-8-9-13(6-2)10-17-15(16-7-3)18-11-14-20-19-12-21(14)4/h12-13H,5-11H2,1-4H3,(H2,16,17,18). The minimum absolute atomic E-state index is 0.539. The van der Waals surface area contributed by atoms with Crippen LogP contribution in [0.1, 0.15) is 52.3 Å². The Morgan fingerprint density at radius 2 is 2.14 bits per heavy atom. The van der Waals surface area contributed by atoms with E-state index in [0.29, 0.717) is 12.5 Å². The second-order valence-electron chi connectivity index (χ2n) is 5.35. The number of aryl methyl sites for hydroxylation is 1. The molecule has 0 bridgehead atoms. The van der Waals surface area contributed by atoms with Gasteiger partial charge in [-0.15, -0.1) is 10.2 Å². The van der Waals surface area contributed by atoms with Gasteiger partial charge in [-0.05, 0) is 19.3 Å². The first-order valence-electron chi connectivity index (χ1n) is 8.06. The van der Waals surface area contributed by atoms with Crippen LogP contribution < -0.4 is 10.6 Å². The molecule has 1 aromatic heterocycles. The van der Waals surface area contributed by atoms with Crippen LogP contribution in [0.2, 0.25) is 0 Å². The quantitative estimate of drug-likeness (QED) is 0.540. The van der Waals surface area contributed by atoms with Crippen LogP contribution in [0, 0.1) is 5.92 Å². The second kappa shape index (κ2) is 10.2. The van der Waals surface area contributed by atoms with Crippen molar-refractivity contribution in [2.24, 2.45) is 18.0 Å². The van der Waals surface area contributed by atoms with E-state index in [1.54, 1.807) is 6.33 Å². The molecule has 0 aromatic carbocycles. The highest BCUT2D eigenvalue weighted by Crippen LogP contribution is 2.11. The van der Waals surface area contributed by atoms with Crippen molar-refractivity contribution in [3.63, 3.8) is 0 Å². The third kappa shape index (κ3) is 6.60. The number of hydrogen-bond donors (Lipinski definition) is 2. The predicted molar refractivity (Wildman–Crippen MR) is 87.1 cm³/mol. The van der Waals surface area contributed by atoms with Crippen LogP contribution in [0.15, 0.2) is 11.3 Å². The number of nitrogens with one attached hydrogen (secondary N) is 2. The minimum Gasteiger partial charge on any atom is -0.357 e. The SMILES string of the molecule is CCCCC(CC)CNC(=NCc1nncn1C)NCC. The van der Waals surface area contributed by atoms with Crippen LogP contribution in [0.4, 0.5) is 0 Å². The van der Waals surface area contributed by atoms with Crippen LogP contribution in [-0.4, -0.2) is 33.8 Å². The summed E-state index contributed by atoms with van der Waals surface area (Å²) in [5, 5.41) is 14.6. The fourth-order valence-electron chi connectivity index (χ4n) is 2.13. The molecule has 0 fully saturated rings. The van der Waals surface area contributed by atoms with E-state index in [-0.39, 0.29) is 0 Å². The number of guanidine groups is 1. The highest BCUT2D eigenvalue weighted by atomic mass is 15.3. The summed E-state index contributed by atoms with van der Waals surface area (Å²) in [7, 11) is 1.93. The van der Waals surface area contributed by atoms with Crippen molar-refractivity contribution in [1.29, 1.82) is 0 Å². The van der Waals surface area contributed by atoms with Crippen LogP contribution in [-0.2, 0) is 13.6 Å². The number of rotatable bonds is 9. The minimum atomic E-state index is 0.539. The van der Waals surface area contributed by atoms with E-state index in [4.69, 9.17) is 0 Å². The number of aromatic nitrogens is 3. The molecule has 1 rings (SSSR count). The predicted octanol–water partition coefficient (Wildman–Crippen LogP) is 2.09. The van der Waals surface area contributed by atoms with Gasteiger partial charge in [0, 0.05) is 20.1 Å². The first-order chi connectivity index (χ1) is 10.2. The van der Waals surface area contributed by atoms with Crippen LogP contribution in [0.3, 0.4) is 0 Å². The molecule has 0 amide bonds. The summed E-state index contributed by atoms with van der Waals surface area (Å²) >= 11 is 0. The van der Waals surface area contributed by atoms with Gasteiger partial charge in [-0.2, -0.15) is 0 Å². The van der Waals surface area contributed by atoms with E-state index in [1.807, 2.05) is 11.6 Å². The highest BCUT2D eigenvalue weighted by Gasteiger charge is 2.07. The van der Waals surface area contributed by atoms with Gasteiger partial charge in [0.1, 0.15) is 12.9 Å². The van der Waals surface area contributed by atoms with Crippen molar-refractivity contribution < 1.29 is 0 Å². The Balaban J connectivity index is 2.50. The molecule has 6 heteroatoms. The summed E-state index contributed by atoms with van der Waals surface area (Å²) < 4.78 is 1.89. The summed E-state index contributed by atoms with van der Waals surface area (Å²) in [5.41, 5.74) is 0. The van der Waals surface area contributed by atoms with E-state index in [1.165, 1.54) is 25.7 Å². The van der Waals surface area contributed by atoms with Crippen LogP contribution >= 0.6 is 0 Å². The summed E-state index contributed by atoms with van der Waals surface area (Å²) in [4.78, 5) is 4.57. The number of nitrogens with zero attached hydrogens (tertiary/aromatic N) is 4. The Hall–Kier alpha value is -1.59. The fraction of sp³-hybridized carbons (Fsp3) is 0.800. The van der Waals surface area contributed by atoms with E-state index in [0.717, 1.165) is 24.9 Å². The summed E-state index contributed by atoms with van der Waals surface area (Å²) in [6, 6.07) is 0. The molecule has 0 spiro atoms. The average Bonchev–Trinajstić information content (AvgIpc) is 2.90. The molecule has 1 heterocycles.